The van der Waals surface area contributed by atoms with E-state index in [1.54, 1.807) is 0 Å². The highest BCUT2D eigenvalue weighted by Gasteiger charge is 1.97. The van der Waals surface area contributed by atoms with Gasteiger partial charge in [-0.15, -0.1) is 3.89 Å². The molecular formula is C4H3FN2O2S. The zero-order valence-electron chi connectivity index (χ0n) is 4.70. The molecule has 0 saturated heterocycles. The lowest BCUT2D eigenvalue weighted by Crippen LogP contribution is -2.28. The van der Waals surface area contributed by atoms with Crippen LogP contribution in [-0.4, -0.2) is 8.96 Å². The summed E-state index contributed by atoms with van der Waals surface area (Å²) in [4.78, 5) is 23.2. The molecule has 0 unspecified atom stereocenters. The lowest BCUT2D eigenvalue weighted by atomic mass is 10.7. The molecule has 0 aliphatic heterocycles. The van der Waals surface area contributed by atoms with E-state index in [0.29, 0.717) is 3.97 Å². The molecule has 6 heteroatoms. The van der Waals surface area contributed by atoms with E-state index in [1.165, 1.54) is 0 Å². The maximum absolute atomic E-state index is 11.7. The van der Waals surface area contributed by atoms with Crippen LogP contribution in [0.5, 0.6) is 0 Å². The van der Waals surface area contributed by atoms with Gasteiger partial charge in [-0.05, 0) is 0 Å². The number of nitrogens with zero attached hydrogens (tertiary/aromatic N) is 1. The average molecular weight is 162 g/mol. The summed E-state index contributed by atoms with van der Waals surface area (Å²) < 4.78 is 12.1. The van der Waals surface area contributed by atoms with Crippen molar-refractivity contribution in [3.63, 3.8) is 0 Å². The van der Waals surface area contributed by atoms with E-state index in [-0.39, 0.29) is 0 Å². The molecule has 1 aromatic heterocycles. The number of hydrogen-bond acceptors (Lipinski definition) is 3. The minimum Gasteiger partial charge on any atom is -0.313 e. The van der Waals surface area contributed by atoms with Gasteiger partial charge in [-0.2, -0.15) is 3.97 Å². The van der Waals surface area contributed by atoms with Gasteiger partial charge in [-0.3, -0.25) is 4.79 Å². The van der Waals surface area contributed by atoms with Gasteiger partial charge in [0, 0.05) is 12.3 Å². The Morgan fingerprint density at radius 3 is 2.70 bits per heavy atom. The van der Waals surface area contributed by atoms with Crippen LogP contribution in [0.2, 0.25) is 0 Å². The number of aromatic amines is 1. The second kappa shape index (κ2) is 2.70. The second-order valence-electron chi connectivity index (χ2n) is 1.48. The number of hydrogen-bond donors (Lipinski definition) is 1. The van der Waals surface area contributed by atoms with Gasteiger partial charge < -0.3 is 4.98 Å². The fourth-order valence-corrected chi connectivity index (χ4v) is 0.720. The van der Waals surface area contributed by atoms with Gasteiger partial charge in [0.15, 0.2) is 12.3 Å². The van der Waals surface area contributed by atoms with Crippen molar-refractivity contribution in [3.05, 3.63) is 33.1 Å². The predicted molar refractivity (Wildman–Crippen MR) is 35.4 cm³/mol. The van der Waals surface area contributed by atoms with Crippen LogP contribution in [0, 0.1) is 0 Å². The molecule has 0 fully saturated rings. The molecule has 1 rings (SSSR count). The SMILES string of the molecule is O=c1cc[nH]c(=O)n1SF. The molecular weight excluding hydrogens is 159 g/mol. The molecule has 0 aliphatic rings. The molecule has 0 aliphatic carbocycles. The van der Waals surface area contributed by atoms with Crippen molar-refractivity contribution in [3.8, 4) is 0 Å². The summed E-state index contributed by atoms with van der Waals surface area (Å²) in [6.07, 6.45) is 1.16. The Bertz CT molecular complexity index is 302. The lowest BCUT2D eigenvalue weighted by molar-refractivity contribution is 0.876. The smallest absolute Gasteiger partial charge is 0.313 e. The fourth-order valence-electron chi connectivity index (χ4n) is 0.476. The van der Waals surface area contributed by atoms with E-state index in [9.17, 15) is 13.5 Å². The largest absolute Gasteiger partial charge is 0.340 e. The Morgan fingerprint density at radius 2 is 2.30 bits per heavy atom. The molecule has 54 valence electrons. The Hall–Kier alpha value is -1.04. The Balaban J connectivity index is 3.46. The van der Waals surface area contributed by atoms with Gasteiger partial charge in [0.2, 0.25) is 0 Å². The van der Waals surface area contributed by atoms with E-state index in [1.807, 2.05) is 0 Å². The van der Waals surface area contributed by atoms with Crippen LogP contribution in [0.15, 0.2) is 21.9 Å². The van der Waals surface area contributed by atoms with Crippen LogP contribution in [0.1, 0.15) is 0 Å². The van der Waals surface area contributed by atoms with Gasteiger partial charge in [0.25, 0.3) is 5.56 Å². The maximum Gasteiger partial charge on any atom is 0.340 e. The van der Waals surface area contributed by atoms with Gasteiger partial charge in [-0.25, -0.2) is 4.79 Å². The molecule has 0 bridgehead atoms. The first-order valence-corrected chi connectivity index (χ1v) is 3.03. The maximum atomic E-state index is 11.7. The predicted octanol–water partition coefficient (Wildman–Crippen LogP) is -0.0826. The van der Waals surface area contributed by atoms with Crippen molar-refractivity contribution in [2.75, 3.05) is 0 Å². The van der Waals surface area contributed by atoms with Crippen LogP contribution in [0.25, 0.3) is 0 Å². The summed E-state index contributed by atoms with van der Waals surface area (Å²) in [7, 11) is 0. The monoisotopic (exact) mass is 162 g/mol. The first-order chi connectivity index (χ1) is 4.75. The Labute approximate surface area is 59.1 Å². The molecule has 0 aromatic carbocycles. The van der Waals surface area contributed by atoms with E-state index in [4.69, 9.17) is 0 Å². The van der Waals surface area contributed by atoms with Crippen LogP contribution >= 0.6 is 12.3 Å². The molecule has 0 saturated carbocycles. The van der Waals surface area contributed by atoms with Crippen molar-refractivity contribution < 1.29 is 3.89 Å². The topological polar surface area (TPSA) is 54.9 Å². The summed E-state index contributed by atoms with van der Waals surface area (Å²) in [5, 5.41) is 0. The molecule has 1 heterocycles. The molecule has 0 atom stereocenters. The number of H-pyrrole nitrogens is 1. The van der Waals surface area contributed by atoms with Crippen molar-refractivity contribution in [2.45, 2.75) is 0 Å². The molecule has 10 heavy (non-hydrogen) atoms. The first kappa shape index (κ1) is 7.07. The molecule has 1 aromatic rings. The molecule has 0 radical (unpaired) electrons. The van der Waals surface area contributed by atoms with E-state index in [2.05, 4.69) is 4.98 Å². The van der Waals surface area contributed by atoms with Gasteiger partial charge in [0.1, 0.15) is 0 Å². The molecule has 0 amide bonds. The third-order valence-corrected chi connectivity index (χ3v) is 1.37. The molecule has 4 nitrogen and oxygen atoms in total. The summed E-state index contributed by atoms with van der Waals surface area (Å²) in [5.41, 5.74) is -1.43. The van der Waals surface area contributed by atoms with Crippen LogP contribution in [0.3, 0.4) is 0 Å². The average Bonchev–Trinajstić information content (AvgIpc) is 1.88. The number of rotatable bonds is 1. The van der Waals surface area contributed by atoms with E-state index >= 15 is 0 Å². The number of nitrogens with one attached hydrogen (secondary N) is 1. The van der Waals surface area contributed by atoms with Crippen molar-refractivity contribution in [2.24, 2.45) is 0 Å². The summed E-state index contributed by atoms with van der Waals surface area (Å²) in [6, 6.07) is 1.06. The standard InChI is InChI=1S/C4H3FN2O2S/c5-10-7-3(8)1-2-6-4(7)9/h1-2H,(H,6,9). The van der Waals surface area contributed by atoms with Crippen LogP contribution in [-0.2, 0) is 0 Å². The zero-order chi connectivity index (χ0) is 7.56. The zero-order valence-corrected chi connectivity index (χ0v) is 5.52. The molecule has 0 spiro atoms. The third kappa shape index (κ3) is 1.10. The Morgan fingerprint density at radius 1 is 1.60 bits per heavy atom. The summed E-state index contributed by atoms with van der Waals surface area (Å²) in [5.74, 6) is 0. The number of halogens is 1. The van der Waals surface area contributed by atoms with Crippen LogP contribution < -0.4 is 11.2 Å². The van der Waals surface area contributed by atoms with E-state index in [0.717, 1.165) is 12.3 Å². The highest BCUT2D eigenvalue weighted by molar-refractivity contribution is 7.92. The first-order valence-electron chi connectivity index (χ1n) is 2.35. The highest BCUT2D eigenvalue weighted by Crippen LogP contribution is 1.94. The lowest BCUT2D eigenvalue weighted by Gasteiger charge is -1.90. The second-order valence-corrected chi connectivity index (χ2v) is 1.99. The van der Waals surface area contributed by atoms with Crippen LogP contribution in [0.4, 0.5) is 3.89 Å². The highest BCUT2D eigenvalue weighted by atomic mass is 32.2. The van der Waals surface area contributed by atoms with Crippen molar-refractivity contribution in [1.82, 2.24) is 8.96 Å². The Kier molecular flexibility index (Phi) is 1.91. The normalized spacial score (nSPS) is 9.70. The quantitative estimate of drug-likeness (QED) is 0.628. The number of aromatic nitrogens is 2. The molecule has 1 N–H and O–H groups in total. The van der Waals surface area contributed by atoms with E-state index < -0.39 is 23.6 Å². The van der Waals surface area contributed by atoms with Gasteiger partial charge >= 0.3 is 5.69 Å². The fraction of sp³-hybridized carbons (Fsp3) is 0. The summed E-state index contributed by atoms with van der Waals surface area (Å²) in [6.45, 7) is 0. The minimum absolute atomic E-state index is 0.375. The van der Waals surface area contributed by atoms with Gasteiger partial charge in [0.05, 0.1) is 0 Å². The minimum atomic E-state index is -0.764. The third-order valence-electron chi connectivity index (χ3n) is 0.886. The van der Waals surface area contributed by atoms with Crippen molar-refractivity contribution in [1.29, 1.82) is 0 Å². The summed E-state index contributed by atoms with van der Waals surface area (Å²) >= 11 is -0.418. The van der Waals surface area contributed by atoms with Gasteiger partial charge in [-0.1, -0.05) is 0 Å². The van der Waals surface area contributed by atoms with Crippen molar-refractivity contribution >= 4 is 12.3 Å².